The summed E-state index contributed by atoms with van der Waals surface area (Å²) in [6.45, 7) is 6.39. The summed E-state index contributed by atoms with van der Waals surface area (Å²) in [4.78, 5) is 25.2. The fourth-order valence-corrected chi connectivity index (χ4v) is 2.23. The van der Waals surface area contributed by atoms with Gasteiger partial charge in [-0.15, -0.1) is 0 Å². The van der Waals surface area contributed by atoms with Gasteiger partial charge in [0.15, 0.2) is 5.69 Å². The highest BCUT2D eigenvalue weighted by molar-refractivity contribution is 5.95. The molecule has 0 saturated carbocycles. The van der Waals surface area contributed by atoms with Crippen molar-refractivity contribution in [3.63, 3.8) is 0 Å². The Kier molecular flexibility index (Phi) is 4.63. The van der Waals surface area contributed by atoms with E-state index in [1.165, 1.54) is 7.11 Å². The van der Waals surface area contributed by atoms with Gasteiger partial charge in [-0.25, -0.2) is 9.59 Å². The first-order valence-corrected chi connectivity index (χ1v) is 7.32. The van der Waals surface area contributed by atoms with Crippen molar-refractivity contribution in [2.45, 2.75) is 32.8 Å². The van der Waals surface area contributed by atoms with Gasteiger partial charge in [-0.2, -0.15) is 5.10 Å². The maximum atomic E-state index is 12.0. The molecular weight excluding hydrogens is 300 g/mol. The van der Waals surface area contributed by atoms with Crippen LogP contribution in [-0.2, 0) is 9.47 Å². The van der Waals surface area contributed by atoms with Crippen LogP contribution in [0.3, 0.4) is 0 Å². The number of hydrogen-bond donors (Lipinski definition) is 2. The van der Waals surface area contributed by atoms with Crippen molar-refractivity contribution in [3.05, 3.63) is 17.5 Å². The first kappa shape index (κ1) is 16.9. The molecule has 1 aromatic heterocycles. The molecule has 0 bridgehead atoms. The van der Waals surface area contributed by atoms with Gasteiger partial charge in [0.2, 0.25) is 0 Å². The lowest BCUT2D eigenvalue weighted by Crippen LogP contribution is -2.39. The number of nitrogen functional groups attached to an aromatic ring is 1. The van der Waals surface area contributed by atoms with Crippen molar-refractivity contribution in [3.8, 4) is 0 Å². The van der Waals surface area contributed by atoms with Crippen molar-refractivity contribution in [1.82, 2.24) is 15.1 Å². The topological polar surface area (TPSA) is 111 Å². The Labute approximate surface area is 134 Å². The number of amides is 1. The molecule has 2 rings (SSSR count). The van der Waals surface area contributed by atoms with Crippen LogP contribution >= 0.6 is 0 Å². The molecule has 0 fully saturated rings. The number of ether oxygens (including phenoxy) is 2. The van der Waals surface area contributed by atoms with Crippen LogP contribution in [0.5, 0.6) is 0 Å². The van der Waals surface area contributed by atoms with E-state index < -0.39 is 11.6 Å². The van der Waals surface area contributed by atoms with Crippen molar-refractivity contribution in [2.24, 2.45) is 0 Å². The van der Waals surface area contributed by atoms with E-state index in [0.29, 0.717) is 25.2 Å². The Balaban J connectivity index is 2.09. The van der Waals surface area contributed by atoms with E-state index in [9.17, 15) is 9.59 Å². The number of nitrogens with two attached hydrogens (primary N) is 1. The highest BCUT2D eigenvalue weighted by atomic mass is 16.6. The maximum absolute atomic E-state index is 12.0. The predicted octanol–water partition coefficient (Wildman–Crippen LogP) is 1.80. The first-order chi connectivity index (χ1) is 10.7. The predicted molar refractivity (Wildman–Crippen MR) is 84.7 cm³/mol. The number of esters is 1. The molecule has 0 unspecified atom stereocenters. The van der Waals surface area contributed by atoms with Gasteiger partial charge in [-0.3, -0.25) is 5.10 Å². The van der Waals surface area contributed by atoms with E-state index in [1.54, 1.807) is 4.90 Å². The molecule has 1 aromatic rings. The molecule has 2 heterocycles. The zero-order valence-electron chi connectivity index (χ0n) is 13.8. The zero-order chi connectivity index (χ0) is 17.2. The molecule has 0 saturated heterocycles. The molecule has 0 aromatic carbocycles. The van der Waals surface area contributed by atoms with Gasteiger partial charge in [-0.05, 0) is 32.8 Å². The largest absolute Gasteiger partial charge is 0.464 e. The molecule has 0 radical (unpaired) electrons. The lowest BCUT2D eigenvalue weighted by Gasteiger charge is -2.29. The normalized spacial score (nSPS) is 15.1. The number of aromatic amines is 1. The van der Waals surface area contributed by atoms with Gasteiger partial charge in [0, 0.05) is 13.1 Å². The SMILES string of the molecule is COC(=O)c1[nH]nc(C2=CCN(C(=O)OC(C)(C)C)CC2)c1N. The van der Waals surface area contributed by atoms with E-state index in [4.69, 9.17) is 10.5 Å². The monoisotopic (exact) mass is 322 g/mol. The second-order valence-electron chi connectivity index (χ2n) is 6.26. The van der Waals surface area contributed by atoms with Crippen LogP contribution in [0.25, 0.3) is 5.57 Å². The van der Waals surface area contributed by atoms with E-state index in [2.05, 4.69) is 14.9 Å². The van der Waals surface area contributed by atoms with Crippen LogP contribution in [0, 0.1) is 0 Å². The summed E-state index contributed by atoms with van der Waals surface area (Å²) in [6, 6.07) is 0. The Morgan fingerprint density at radius 2 is 2.09 bits per heavy atom. The number of carbonyl (C=O) groups excluding carboxylic acids is 2. The third-order valence-electron chi connectivity index (χ3n) is 3.36. The van der Waals surface area contributed by atoms with Gasteiger partial charge in [-0.1, -0.05) is 6.08 Å². The summed E-state index contributed by atoms with van der Waals surface area (Å²) in [7, 11) is 1.28. The second kappa shape index (κ2) is 6.31. The van der Waals surface area contributed by atoms with E-state index in [-0.39, 0.29) is 17.5 Å². The molecule has 0 atom stereocenters. The number of anilines is 1. The summed E-state index contributed by atoms with van der Waals surface area (Å²) in [5.41, 5.74) is 7.22. The standard InChI is InChI=1S/C15H22N4O4/c1-15(2,3)23-14(21)19-7-5-9(6-8-19)11-10(16)12(18-17-11)13(20)22-4/h5H,6-8,16H2,1-4H3,(H,17,18). The molecule has 1 aliphatic rings. The maximum Gasteiger partial charge on any atom is 0.410 e. The third-order valence-corrected chi connectivity index (χ3v) is 3.36. The average Bonchev–Trinajstić information content (AvgIpc) is 2.86. The lowest BCUT2D eigenvalue weighted by atomic mass is 10.0. The molecule has 126 valence electrons. The Bertz CT molecular complexity index is 642. The van der Waals surface area contributed by atoms with Gasteiger partial charge >= 0.3 is 12.1 Å². The fraction of sp³-hybridized carbons (Fsp3) is 0.533. The molecule has 8 heteroatoms. The highest BCUT2D eigenvalue weighted by Gasteiger charge is 2.26. The zero-order valence-corrected chi connectivity index (χ0v) is 13.8. The van der Waals surface area contributed by atoms with Crippen LogP contribution in [0.2, 0.25) is 0 Å². The minimum absolute atomic E-state index is 0.137. The van der Waals surface area contributed by atoms with Gasteiger partial charge in [0.25, 0.3) is 0 Å². The van der Waals surface area contributed by atoms with Crippen molar-refractivity contribution in [1.29, 1.82) is 0 Å². The molecule has 3 N–H and O–H groups in total. The van der Waals surface area contributed by atoms with Gasteiger partial charge in [0.05, 0.1) is 12.8 Å². The van der Waals surface area contributed by atoms with E-state index >= 15 is 0 Å². The molecule has 0 spiro atoms. The number of aromatic nitrogens is 2. The molecular formula is C15H22N4O4. The molecule has 1 aliphatic heterocycles. The van der Waals surface area contributed by atoms with Crippen molar-refractivity contribution in [2.75, 3.05) is 25.9 Å². The number of rotatable bonds is 2. The number of carbonyl (C=O) groups is 2. The van der Waals surface area contributed by atoms with Crippen LogP contribution in [0.1, 0.15) is 43.4 Å². The minimum Gasteiger partial charge on any atom is -0.464 e. The number of nitrogens with zero attached hydrogens (tertiary/aromatic N) is 2. The highest BCUT2D eigenvalue weighted by Crippen LogP contribution is 2.28. The van der Waals surface area contributed by atoms with Crippen LogP contribution in [0.4, 0.5) is 10.5 Å². The summed E-state index contributed by atoms with van der Waals surface area (Å²) in [6.07, 6.45) is 2.09. The molecule has 1 amide bonds. The Morgan fingerprint density at radius 3 is 2.61 bits per heavy atom. The Morgan fingerprint density at radius 1 is 1.39 bits per heavy atom. The summed E-state index contributed by atoms with van der Waals surface area (Å²) >= 11 is 0. The quantitative estimate of drug-likeness (QED) is 0.803. The minimum atomic E-state index is -0.562. The summed E-state index contributed by atoms with van der Waals surface area (Å²) in [5.74, 6) is -0.562. The smallest absolute Gasteiger partial charge is 0.410 e. The number of methoxy groups -OCH3 is 1. The van der Waals surface area contributed by atoms with Crippen molar-refractivity contribution >= 4 is 23.3 Å². The number of hydrogen-bond acceptors (Lipinski definition) is 6. The number of nitrogens with one attached hydrogen (secondary N) is 1. The molecule has 0 aliphatic carbocycles. The third kappa shape index (κ3) is 3.82. The fourth-order valence-electron chi connectivity index (χ4n) is 2.23. The lowest BCUT2D eigenvalue weighted by molar-refractivity contribution is 0.0270. The summed E-state index contributed by atoms with van der Waals surface area (Å²) < 4.78 is 9.98. The summed E-state index contributed by atoms with van der Waals surface area (Å²) in [5, 5.41) is 6.68. The van der Waals surface area contributed by atoms with Crippen molar-refractivity contribution < 1.29 is 19.1 Å². The second-order valence-corrected chi connectivity index (χ2v) is 6.26. The van der Waals surface area contributed by atoms with Crippen LogP contribution in [0.15, 0.2) is 6.08 Å². The number of H-pyrrole nitrogens is 1. The van der Waals surface area contributed by atoms with Crippen LogP contribution in [-0.4, -0.2) is 53.0 Å². The first-order valence-electron chi connectivity index (χ1n) is 7.32. The average molecular weight is 322 g/mol. The van der Waals surface area contributed by atoms with Gasteiger partial charge in [0.1, 0.15) is 11.3 Å². The molecule has 8 nitrogen and oxygen atoms in total. The van der Waals surface area contributed by atoms with Gasteiger partial charge < -0.3 is 20.1 Å². The van der Waals surface area contributed by atoms with E-state index in [0.717, 1.165) is 5.57 Å². The van der Waals surface area contributed by atoms with E-state index in [1.807, 2.05) is 26.8 Å². The molecule has 23 heavy (non-hydrogen) atoms. The van der Waals surface area contributed by atoms with Crippen LogP contribution < -0.4 is 5.73 Å². The Hall–Kier alpha value is -2.51.